The van der Waals surface area contributed by atoms with E-state index >= 15 is 0 Å². The smallest absolute Gasteiger partial charge is 0.0954 e. The fourth-order valence-corrected chi connectivity index (χ4v) is 2.38. The Labute approximate surface area is 116 Å². The molecule has 0 aliphatic rings. The SMILES string of the molecule is CCC(CC)Nc1ccc(N)c2cc(Br)cnc12. The van der Waals surface area contributed by atoms with Crippen molar-refractivity contribution in [2.75, 3.05) is 11.1 Å². The summed E-state index contributed by atoms with van der Waals surface area (Å²) in [6.07, 6.45) is 4.00. The fourth-order valence-electron chi connectivity index (χ4n) is 2.04. The van der Waals surface area contributed by atoms with Gasteiger partial charge in [0.25, 0.3) is 0 Å². The Kier molecular flexibility index (Phi) is 4.07. The summed E-state index contributed by atoms with van der Waals surface area (Å²) in [5.41, 5.74) is 8.75. The van der Waals surface area contributed by atoms with E-state index in [1.54, 1.807) is 6.20 Å². The molecular weight excluding hydrogens is 290 g/mol. The molecule has 0 fully saturated rings. The van der Waals surface area contributed by atoms with Gasteiger partial charge in [-0.05, 0) is 47.0 Å². The molecule has 0 radical (unpaired) electrons. The molecule has 0 unspecified atom stereocenters. The normalized spacial score (nSPS) is 11.1. The van der Waals surface area contributed by atoms with Crippen molar-refractivity contribution in [3.8, 4) is 0 Å². The first kappa shape index (κ1) is 13.1. The van der Waals surface area contributed by atoms with Gasteiger partial charge in [-0.15, -0.1) is 0 Å². The Bertz CT molecular complexity index is 550. The number of fused-ring (bicyclic) bond motifs is 1. The van der Waals surface area contributed by atoms with Gasteiger partial charge in [-0.25, -0.2) is 0 Å². The van der Waals surface area contributed by atoms with Crippen LogP contribution < -0.4 is 11.1 Å². The van der Waals surface area contributed by atoms with E-state index < -0.39 is 0 Å². The van der Waals surface area contributed by atoms with Crippen LogP contribution in [0.1, 0.15) is 26.7 Å². The summed E-state index contributed by atoms with van der Waals surface area (Å²) in [6, 6.07) is 6.43. The molecule has 1 aromatic carbocycles. The molecule has 1 heterocycles. The van der Waals surface area contributed by atoms with Gasteiger partial charge in [-0.2, -0.15) is 0 Å². The predicted octanol–water partition coefficient (Wildman–Crippen LogP) is 4.18. The molecule has 0 spiro atoms. The predicted molar refractivity (Wildman–Crippen MR) is 81.8 cm³/mol. The van der Waals surface area contributed by atoms with Crippen LogP contribution in [0.25, 0.3) is 10.9 Å². The van der Waals surface area contributed by atoms with Crippen LogP contribution in [0.2, 0.25) is 0 Å². The van der Waals surface area contributed by atoms with Gasteiger partial charge in [-0.1, -0.05) is 13.8 Å². The van der Waals surface area contributed by atoms with Gasteiger partial charge in [0.05, 0.1) is 11.2 Å². The molecule has 2 aromatic rings. The van der Waals surface area contributed by atoms with Crippen LogP contribution in [0.5, 0.6) is 0 Å². The van der Waals surface area contributed by atoms with Crippen molar-refractivity contribution < 1.29 is 0 Å². The number of rotatable bonds is 4. The molecule has 96 valence electrons. The monoisotopic (exact) mass is 307 g/mol. The summed E-state index contributed by atoms with van der Waals surface area (Å²) in [6.45, 7) is 4.37. The number of hydrogen-bond donors (Lipinski definition) is 2. The van der Waals surface area contributed by atoms with Crippen molar-refractivity contribution in [1.29, 1.82) is 0 Å². The molecule has 2 rings (SSSR count). The lowest BCUT2D eigenvalue weighted by molar-refractivity contribution is 0.672. The molecule has 4 heteroatoms. The number of halogens is 1. The standard InChI is InChI=1S/C14H18BrN3/c1-3-10(4-2)18-13-6-5-12(16)11-7-9(15)8-17-14(11)13/h5-8,10,18H,3-4,16H2,1-2H3. The van der Waals surface area contributed by atoms with Gasteiger partial charge >= 0.3 is 0 Å². The number of hydrogen-bond acceptors (Lipinski definition) is 3. The lowest BCUT2D eigenvalue weighted by Crippen LogP contribution is -2.17. The highest BCUT2D eigenvalue weighted by atomic mass is 79.9. The zero-order chi connectivity index (χ0) is 13.1. The van der Waals surface area contributed by atoms with Crippen molar-refractivity contribution in [2.24, 2.45) is 0 Å². The van der Waals surface area contributed by atoms with E-state index in [0.29, 0.717) is 6.04 Å². The number of nitrogens with zero attached hydrogens (tertiary/aromatic N) is 1. The molecule has 0 amide bonds. The van der Waals surface area contributed by atoms with E-state index in [2.05, 4.69) is 40.1 Å². The first-order valence-corrected chi connectivity index (χ1v) is 7.05. The van der Waals surface area contributed by atoms with E-state index in [1.807, 2.05) is 18.2 Å². The molecule has 0 saturated heterocycles. The van der Waals surface area contributed by atoms with E-state index in [9.17, 15) is 0 Å². The molecule has 0 bridgehead atoms. The minimum atomic E-state index is 0.474. The summed E-state index contributed by atoms with van der Waals surface area (Å²) in [4.78, 5) is 4.47. The Morgan fingerprint density at radius 2 is 2.06 bits per heavy atom. The summed E-state index contributed by atoms with van der Waals surface area (Å²) in [5.74, 6) is 0. The van der Waals surface area contributed by atoms with Crippen LogP contribution in [0.3, 0.4) is 0 Å². The molecule has 3 N–H and O–H groups in total. The van der Waals surface area contributed by atoms with E-state index in [-0.39, 0.29) is 0 Å². The highest BCUT2D eigenvalue weighted by Gasteiger charge is 2.09. The Morgan fingerprint density at radius 1 is 1.33 bits per heavy atom. The molecular formula is C14H18BrN3. The van der Waals surface area contributed by atoms with Gasteiger partial charge < -0.3 is 11.1 Å². The van der Waals surface area contributed by atoms with Gasteiger partial charge in [0.2, 0.25) is 0 Å². The van der Waals surface area contributed by atoms with E-state index in [1.165, 1.54) is 0 Å². The third-order valence-corrected chi connectivity index (χ3v) is 3.63. The number of nitrogens with two attached hydrogens (primary N) is 1. The lowest BCUT2D eigenvalue weighted by Gasteiger charge is -2.18. The van der Waals surface area contributed by atoms with Crippen molar-refractivity contribution in [1.82, 2.24) is 4.98 Å². The summed E-state index contributed by atoms with van der Waals surface area (Å²) >= 11 is 3.43. The van der Waals surface area contributed by atoms with E-state index in [0.717, 1.165) is 39.6 Å². The van der Waals surface area contributed by atoms with Crippen LogP contribution in [-0.4, -0.2) is 11.0 Å². The summed E-state index contributed by atoms with van der Waals surface area (Å²) in [5, 5.41) is 4.52. The summed E-state index contributed by atoms with van der Waals surface area (Å²) in [7, 11) is 0. The molecule has 0 atom stereocenters. The maximum atomic E-state index is 6.00. The highest BCUT2D eigenvalue weighted by molar-refractivity contribution is 9.10. The molecule has 18 heavy (non-hydrogen) atoms. The number of nitrogen functional groups attached to an aromatic ring is 1. The largest absolute Gasteiger partial charge is 0.398 e. The summed E-state index contributed by atoms with van der Waals surface area (Å²) < 4.78 is 0.946. The van der Waals surface area contributed by atoms with Gasteiger partial charge in [-0.3, -0.25) is 4.98 Å². The van der Waals surface area contributed by atoms with Gasteiger partial charge in [0.15, 0.2) is 0 Å². The highest BCUT2D eigenvalue weighted by Crippen LogP contribution is 2.29. The number of benzene rings is 1. The quantitative estimate of drug-likeness (QED) is 0.833. The van der Waals surface area contributed by atoms with Crippen LogP contribution >= 0.6 is 15.9 Å². The fraction of sp³-hybridized carbons (Fsp3) is 0.357. The van der Waals surface area contributed by atoms with Crippen LogP contribution in [0.15, 0.2) is 28.9 Å². The average Bonchev–Trinajstić information content (AvgIpc) is 2.38. The third kappa shape index (κ3) is 2.58. The lowest BCUT2D eigenvalue weighted by atomic mass is 10.1. The third-order valence-electron chi connectivity index (χ3n) is 3.20. The first-order chi connectivity index (χ1) is 8.65. The Morgan fingerprint density at radius 3 is 2.72 bits per heavy atom. The maximum absolute atomic E-state index is 6.00. The maximum Gasteiger partial charge on any atom is 0.0954 e. The minimum absolute atomic E-state index is 0.474. The molecule has 0 aliphatic heterocycles. The van der Waals surface area contributed by atoms with Crippen molar-refractivity contribution in [3.05, 3.63) is 28.9 Å². The number of pyridine rings is 1. The second-order valence-electron chi connectivity index (χ2n) is 4.41. The van der Waals surface area contributed by atoms with Crippen LogP contribution in [0.4, 0.5) is 11.4 Å². The van der Waals surface area contributed by atoms with Gasteiger partial charge in [0, 0.05) is 27.8 Å². The molecule has 3 nitrogen and oxygen atoms in total. The topological polar surface area (TPSA) is 50.9 Å². The number of nitrogens with one attached hydrogen (secondary N) is 1. The van der Waals surface area contributed by atoms with Crippen molar-refractivity contribution in [2.45, 2.75) is 32.7 Å². The van der Waals surface area contributed by atoms with Crippen LogP contribution in [0, 0.1) is 0 Å². The minimum Gasteiger partial charge on any atom is -0.398 e. The second-order valence-corrected chi connectivity index (χ2v) is 5.33. The zero-order valence-corrected chi connectivity index (χ0v) is 12.3. The second kappa shape index (κ2) is 5.57. The Hall–Kier alpha value is -1.29. The molecule has 0 aliphatic carbocycles. The zero-order valence-electron chi connectivity index (χ0n) is 10.7. The number of anilines is 2. The van der Waals surface area contributed by atoms with E-state index in [4.69, 9.17) is 5.73 Å². The number of aromatic nitrogens is 1. The first-order valence-electron chi connectivity index (χ1n) is 6.26. The Balaban J connectivity index is 2.49. The average molecular weight is 308 g/mol. The molecule has 1 aromatic heterocycles. The van der Waals surface area contributed by atoms with Crippen molar-refractivity contribution >= 4 is 38.2 Å². The van der Waals surface area contributed by atoms with Gasteiger partial charge in [0.1, 0.15) is 0 Å². The van der Waals surface area contributed by atoms with Crippen LogP contribution in [-0.2, 0) is 0 Å². The van der Waals surface area contributed by atoms with Crippen molar-refractivity contribution in [3.63, 3.8) is 0 Å². The molecule has 0 saturated carbocycles.